The second-order valence-corrected chi connectivity index (χ2v) is 5.99. The molecule has 0 saturated heterocycles. The summed E-state index contributed by atoms with van der Waals surface area (Å²) in [5.74, 6) is 0.473. The van der Waals surface area contributed by atoms with Gasteiger partial charge in [0.1, 0.15) is 0 Å². The van der Waals surface area contributed by atoms with E-state index in [1.54, 1.807) is 12.4 Å². The number of nitrogen functional groups attached to an aromatic ring is 1. The molecule has 0 aliphatic carbocycles. The fourth-order valence-corrected chi connectivity index (χ4v) is 3.30. The highest BCUT2D eigenvalue weighted by Gasteiger charge is 2.16. The maximum absolute atomic E-state index is 6.00. The highest BCUT2D eigenvalue weighted by molar-refractivity contribution is 9.11. The van der Waals surface area contributed by atoms with Gasteiger partial charge in [0, 0.05) is 26.9 Å². The minimum Gasteiger partial charge on any atom is -0.382 e. The van der Waals surface area contributed by atoms with Crippen LogP contribution in [0.25, 0.3) is 22.4 Å². The standard InChI is InChI=1S/C14H10Br2N4/c15-9-1-2-10(11(16)7-9)13-12(14(17)20-19-13)8-3-5-18-6-4-8/h1-7H,(H3,17,19,20). The number of hydrogen-bond donors (Lipinski definition) is 2. The number of nitrogens with one attached hydrogen (secondary N) is 1. The van der Waals surface area contributed by atoms with Crippen molar-refractivity contribution >= 4 is 37.7 Å². The molecule has 0 radical (unpaired) electrons. The molecular formula is C14H10Br2N4. The van der Waals surface area contributed by atoms with Gasteiger partial charge in [-0.15, -0.1) is 0 Å². The van der Waals surface area contributed by atoms with Crippen LogP contribution in [0.3, 0.4) is 0 Å². The topological polar surface area (TPSA) is 67.6 Å². The Morgan fingerprint density at radius 1 is 1.05 bits per heavy atom. The highest BCUT2D eigenvalue weighted by atomic mass is 79.9. The van der Waals surface area contributed by atoms with E-state index in [4.69, 9.17) is 5.73 Å². The van der Waals surface area contributed by atoms with Gasteiger partial charge in [-0.25, -0.2) is 0 Å². The smallest absolute Gasteiger partial charge is 0.153 e. The van der Waals surface area contributed by atoms with Crippen LogP contribution in [0.4, 0.5) is 5.82 Å². The minimum atomic E-state index is 0.473. The van der Waals surface area contributed by atoms with Crippen LogP contribution >= 0.6 is 31.9 Å². The normalized spacial score (nSPS) is 10.7. The molecule has 3 aromatic rings. The summed E-state index contributed by atoms with van der Waals surface area (Å²) in [5, 5.41) is 7.14. The van der Waals surface area contributed by atoms with E-state index in [1.807, 2.05) is 30.3 Å². The quantitative estimate of drug-likeness (QED) is 0.683. The predicted octanol–water partition coefficient (Wildman–Crippen LogP) is 4.25. The van der Waals surface area contributed by atoms with Crippen molar-refractivity contribution in [3.8, 4) is 22.4 Å². The number of anilines is 1. The summed E-state index contributed by atoms with van der Waals surface area (Å²) in [6.07, 6.45) is 3.48. The van der Waals surface area contributed by atoms with E-state index >= 15 is 0 Å². The van der Waals surface area contributed by atoms with Crippen molar-refractivity contribution in [2.24, 2.45) is 0 Å². The number of hydrogen-bond acceptors (Lipinski definition) is 3. The summed E-state index contributed by atoms with van der Waals surface area (Å²) in [6.45, 7) is 0. The Labute approximate surface area is 132 Å². The first-order valence-electron chi connectivity index (χ1n) is 5.86. The number of nitrogens with two attached hydrogens (primary N) is 1. The summed E-state index contributed by atoms with van der Waals surface area (Å²) in [6, 6.07) is 9.80. The lowest BCUT2D eigenvalue weighted by Gasteiger charge is -2.07. The molecule has 100 valence electrons. The number of halogens is 2. The Kier molecular flexibility index (Phi) is 3.58. The van der Waals surface area contributed by atoms with Crippen LogP contribution < -0.4 is 5.73 Å². The molecule has 3 N–H and O–H groups in total. The average Bonchev–Trinajstić information content (AvgIpc) is 2.81. The first kappa shape index (κ1) is 13.3. The molecule has 0 aliphatic heterocycles. The van der Waals surface area contributed by atoms with E-state index in [2.05, 4.69) is 47.0 Å². The molecule has 0 aliphatic rings. The fourth-order valence-electron chi connectivity index (χ4n) is 2.05. The zero-order valence-electron chi connectivity index (χ0n) is 10.3. The van der Waals surface area contributed by atoms with Gasteiger partial charge in [0.15, 0.2) is 5.82 Å². The SMILES string of the molecule is Nc1n[nH]c(-c2ccc(Br)cc2Br)c1-c1ccncc1. The number of H-pyrrole nitrogens is 1. The third-order valence-electron chi connectivity index (χ3n) is 2.96. The molecule has 0 bridgehead atoms. The van der Waals surface area contributed by atoms with Crippen LogP contribution in [-0.4, -0.2) is 15.2 Å². The second kappa shape index (κ2) is 5.38. The maximum atomic E-state index is 6.00. The van der Waals surface area contributed by atoms with Crippen LogP contribution in [0.15, 0.2) is 51.7 Å². The number of aromatic nitrogens is 3. The number of rotatable bonds is 2. The van der Waals surface area contributed by atoms with Gasteiger partial charge in [-0.05, 0) is 29.8 Å². The summed E-state index contributed by atoms with van der Waals surface area (Å²) < 4.78 is 1.97. The first-order valence-corrected chi connectivity index (χ1v) is 7.45. The van der Waals surface area contributed by atoms with Gasteiger partial charge >= 0.3 is 0 Å². The number of benzene rings is 1. The van der Waals surface area contributed by atoms with E-state index in [0.717, 1.165) is 31.3 Å². The Balaban J connectivity index is 2.21. The summed E-state index contributed by atoms with van der Waals surface area (Å²) >= 11 is 7.02. The minimum absolute atomic E-state index is 0.473. The monoisotopic (exact) mass is 392 g/mol. The Hall–Kier alpha value is -1.66. The molecule has 3 rings (SSSR count). The second-order valence-electron chi connectivity index (χ2n) is 4.22. The third-order valence-corrected chi connectivity index (χ3v) is 4.11. The number of aromatic amines is 1. The molecule has 0 fully saturated rings. The van der Waals surface area contributed by atoms with Gasteiger partial charge < -0.3 is 5.73 Å². The zero-order valence-corrected chi connectivity index (χ0v) is 13.4. The maximum Gasteiger partial charge on any atom is 0.153 e. The largest absolute Gasteiger partial charge is 0.382 e. The molecule has 0 unspecified atom stereocenters. The molecule has 0 atom stereocenters. The molecule has 0 spiro atoms. The van der Waals surface area contributed by atoms with Crippen molar-refractivity contribution in [3.63, 3.8) is 0 Å². The lowest BCUT2D eigenvalue weighted by atomic mass is 10.0. The van der Waals surface area contributed by atoms with E-state index < -0.39 is 0 Å². The molecule has 1 aromatic carbocycles. The zero-order chi connectivity index (χ0) is 14.1. The molecule has 6 heteroatoms. The first-order chi connectivity index (χ1) is 9.66. The van der Waals surface area contributed by atoms with Gasteiger partial charge in [0.2, 0.25) is 0 Å². The Bertz CT molecular complexity index is 753. The molecule has 2 aromatic heterocycles. The van der Waals surface area contributed by atoms with Crippen molar-refractivity contribution in [1.29, 1.82) is 0 Å². The lowest BCUT2D eigenvalue weighted by Crippen LogP contribution is -1.89. The molecule has 2 heterocycles. The van der Waals surface area contributed by atoms with Crippen LogP contribution in [0.1, 0.15) is 0 Å². The lowest BCUT2D eigenvalue weighted by molar-refractivity contribution is 1.10. The summed E-state index contributed by atoms with van der Waals surface area (Å²) in [7, 11) is 0. The highest BCUT2D eigenvalue weighted by Crippen LogP contribution is 2.38. The van der Waals surface area contributed by atoms with E-state index in [1.165, 1.54) is 0 Å². The van der Waals surface area contributed by atoms with E-state index in [-0.39, 0.29) is 0 Å². The average molecular weight is 394 g/mol. The Morgan fingerprint density at radius 3 is 2.50 bits per heavy atom. The van der Waals surface area contributed by atoms with Gasteiger partial charge in [-0.2, -0.15) is 5.10 Å². The van der Waals surface area contributed by atoms with Gasteiger partial charge in [0.05, 0.1) is 11.3 Å². The summed E-state index contributed by atoms with van der Waals surface area (Å²) in [5.41, 5.74) is 9.76. The van der Waals surface area contributed by atoms with Crippen molar-refractivity contribution in [2.75, 3.05) is 5.73 Å². The third kappa shape index (κ3) is 2.36. The van der Waals surface area contributed by atoms with Crippen LogP contribution in [0.2, 0.25) is 0 Å². The molecular weight excluding hydrogens is 384 g/mol. The van der Waals surface area contributed by atoms with E-state index in [0.29, 0.717) is 5.82 Å². The molecule has 20 heavy (non-hydrogen) atoms. The number of nitrogens with zero attached hydrogens (tertiary/aromatic N) is 2. The molecule has 0 saturated carbocycles. The predicted molar refractivity (Wildman–Crippen MR) is 87.1 cm³/mol. The Morgan fingerprint density at radius 2 is 1.80 bits per heavy atom. The van der Waals surface area contributed by atoms with Gasteiger partial charge in [-0.3, -0.25) is 10.1 Å². The van der Waals surface area contributed by atoms with Crippen molar-refractivity contribution in [1.82, 2.24) is 15.2 Å². The molecule has 0 amide bonds. The van der Waals surface area contributed by atoms with Crippen LogP contribution in [-0.2, 0) is 0 Å². The van der Waals surface area contributed by atoms with Gasteiger partial charge in [-0.1, -0.05) is 37.9 Å². The van der Waals surface area contributed by atoms with E-state index in [9.17, 15) is 0 Å². The molecule has 4 nitrogen and oxygen atoms in total. The van der Waals surface area contributed by atoms with Crippen molar-refractivity contribution in [2.45, 2.75) is 0 Å². The van der Waals surface area contributed by atoms with Crippen molar-refractivity contribution < 1.29 is 0 Å². The van der Waals surface area contributed by atoms with Crippen molar-refractivity contribution in [3.05, 3.63) is 51.7 Å². The van der Waals surface area contributed by atoms with Crippen LogP contribution in [0, 0.1) is 0 Å². The fraction of sp³-hybridized carbons (Fsp3) is 0. The summed E-state index contributed by atoms with van der Waals surface area (Å²) in [4.78, 5) is 4.03. The van der Waals surface area contributed by atoms with Crippen LogP contribution in [0.5, 0.6) is 0 Å². The number of pyridine rings is 1. The van der Waals surface area contributed by atoms with Gasteiger partial charge in [0.25, 0.3) is 0 Å².